The Morgan fingerprint density at radius 3 is 2.06 bits per heavy atom. The van der Waals surface area contributed by atoms with Crippen LogP contribution in [0.4, 0.5) is 5.69 Å². The van der Waals surface area contributed by atoms with Crippen molar-refractivity contribution < 1.29 is 33.8 Å². The van der Waals surface area contributed by atoms with Gasteiger partial charge in [0.25, 0.3) is 11.8 Å². The van der Waals surface area contributed by atoms with E-state index in [0.717, 1.165) is 24.0 Å². The van der Waals surface area contributed by atoms with E-state index in [0.29, 0.717) is 49.2 Å². The van der Waals surface area contributed by atoms with E-state index < -0.39 is 29.6 Å². The second-order valence-corrected chi connectivity index (χ2v) is 14.1. The predicted molar refractivity (Wildman–Crippen MR) is 203 cm³/mol. The minimum atomic E-state index is -1.18. The van der Waals surface area contributed by atoms with Gasteiger partial charge in [0.15, 0.2) is 6.61 Å². The molecule has 1 saturated heterocycles. The van der Waals surface area contributed by atoms with Crippen molar-refractivity contribution in [3.05, 3.63) is 132 Å². The third kappa shape index (κ3) is 8.79. The van der Waals surface area contributed by atoms with E-state index in [2.05, 4.69) is 10.6 Å². The molecule has 1 saturated carbocycles. The molecule has 3 N–H and O–H groups in total. The number of carboxylic acid groups (broad SMARTS) is 1. The molecule has 3 atom stereocenters. The van der Waals surface area contributed by atoms with Crippen LogP contribution in [0.2, 0.25) is 0 Å². The first-order chi connectivity index (χ1) is 26.1. The minimum Gasteiger partial charge on any atom is -0.484 e. The fourth-order valence-corrected chi connectivity index (χ4v) is 7.63. The highest BCUT2D eigenvalue weighted by molar-refractivity contribution is 6.04. The number of para-hydroxylation sites is 1. The highest BCUT2D eigenvalue weighted by atomic mass is 16.5. The molecular weight excluding hydrogens is 684 g/mol. The molecule has 4 aromatic carbocycles. The summed E-state index contributed by atoms with van der Waals surface area (Å²) in [5, 5.41) is 15.7. The molecule has 0 bridgehead atoms. The summed E-state index contributed by atoms with van der Waals surface area (Å²) in [6.45, 7) is 1.50. The molecule has 0 spiro atoms. The Labute approximate surface area is 315 Å². The van der Waals surface area contributed by atoms with Crippen molar-refractivity contribution in [1.82, 2.24) is 15.5 Å². The quantitative estimate of drug-likeness (QED) is 0.148. The molecule has 4 amide bonds. The van der Waals surface area contributed by atoms with Crippen LogP contribution in [0.1, 0.15) is 61.9 Å². The van der Waals surface area contributed by atoms with Gasteiger partial charge in [-0.25, -0.2) is 4.79 Å². The fraction of sp³-hybridized carbons (Fsp3) is 0.326. The van der Waals surface area contributed by atoms with Crippen LogP contribution in [-0.2, 0) is 36.8 Å². The Hall–Kier alpha value is -5.97. The Balaban J connectivity index is 1.26. The lowest BCUT2D eigenvalue weighted by atomic mass is 9.81. The van der Waals surface area contributed by atoms with Gasteiger partial charge in [-0.3, -0.25) is 24.1 Å². The van der Waals surface area contributed by atoms with Crippen molar-refractivity contribution in [1.29, 1.82) is 0 Å². The zero-order valence-corrected chi connectivity index (χ0v) is 30.4. The monoisotopic (exact) mass is 730 g/mol. The van der Waals surface area contributed by atoms with Crippen LogP contribution >= 0.6 is 0 Å². The van der Waals surface area contributed by atoms with Crippen molar-refractivity contribution in [3.8, 4) is 5.75 Å². The largest absolute Gasteiger partial charge is 0.484 e. The first kappa shape index (κ1) is 37.8. The second kappa shape index (κ2) is 17.2. The molecule has 54 heavy (non-hydrogen) atoms. The van der Waals surface area contributed by atoms with Crippen molar-refractivity contribution in [2.24, 2.45) is 5.41 Å². The maximum absolute atomic E-state index is 14.6. The van der Waals surface area contributed by atoms with Crippen molar-refractivity contribution in [3.63, 3.8) is 0 Å². The number of aliphatic carboxylic acids is 1. The predicted octanol–water partition coefficient (Wildman–Crippen LogP) is 5.45. The number of carbonyl (C=O) groups excluding carboxylic acids is 4. The smallest absolute Gasteiger partial charge is 0.326 e. The van der Waals surface area contributed by atoms with Crippen LogP contribution < -0.4 is 20.3 Å². The zero-order valence-electron chi connectivity index (χ0n) is 30.4. The second-order valence-electron chi connectivity index (χ2n) is 14.1. The van der Waals surface area contributed by atoms with Crippen LogP contribution in [0.25, 0.3) is 0 Å². The van der Waals surface area contributed by atoms with Gasteiger partial charge in [-0.15, -0.1) is 0 Å². The van der Waals surface area contributed by atoms with Gasteiger partial charge < -0.3 is 25.4 Å². The van der Waals surface area contributed by atoms with Gasteiger partial charge in [-0.2, -0.15) is 0 Å². The zero-order chi connectivity index (χ0) is 38.1. The number of carboxylic acids is 1. The van der Waals surface area contributed by atoms with Crippen LogP contribution in [0.5, 0.6) is 5.75 Å². The normalized spacial score (nSPS) is 18.2. The maximum atomic E-state index is 14.6. The molecule has 1 heterocycles. The summed E-state index contributed by atoms with van der Waals surface area (Å²) in [4.78, 5) is 69.5. The maximum Gasteiger partial charge on any atom is 0.326 e. The van der Waals surface area contributed by atoms with Gasteiger partial charge >= 0.3 is 5.97 Å². The minimum absolute atomic E-state index is 0.0251. The lowest BCUT2D eigenvalue weighted by Gasteiger charge is -2.32. The summed E-state index contributed by atoms with van der Waals surface area (Å²) >= 11 is 0. The number of carbonyl (C=O) groups is 5. The van der Waals surface area contributed by atoms with Crippen LogP contribution in [0, 0.1) is 5.41 Å². The van der Waals surface area contributed by atoms with E-state index in [-0.39, 0.29) is 36.7 Å². The number of rotatable bonds is 15. The Bertz CT molecular complexity index is 1920. The number of hydrogen-bond donors (Lipinski definition) is 3. The van der Waals surface area contributed by atoms with E-state index in [1.54, 1.807) is 46.2 Å². The molecular formula is C43H46N4O7. The number of hydrogen-bond acceptors (Lipinski definition) is 6. The first-order valence-corrected chi connectivity index (χ1v) is 18.4. The van der Waals surface area contributed by atoms with E-state index >= 15 is 0 Å². The summed E-state index contributed by atoms with van der Waals surface area (Å²) in [5.41, 5.74) is 2.10. The SMILES string of the molecule is CC(=O)NCCC1(C(=O)NC(Cc2ccc(N3C(=O)C(Cc4ccccc4)N(C(=O)COc4ccccc4)C3c3ccccc3)cc2)C(=O)O)CCCC1. The van der Waals surface area contributed by atoms with Crippen molar-refractivity contribution >= 4 is 35.3 Å². The summed E-state index contributed by atoms with van der Waals surface area (Å²) in [6.07, 6.45) is 2.97. The number of nitrogens with zero attached hydrogens (tertiary/aromatic N) is 2. The van der Waals surface area contributed by atoms with Crippen LogP contribution in [0.3, 0.4) is 0 Å². The lowest BCUT2D eigenvalue weighted by Crippen LogP contribution is -2.49. The Kier molecular flexibility index (Phi) is 12.1. The lowest BCUT2D eigenvalue weighted by molar-refractivity contribution is -0.144. The fourth-order valence-electron chi connectivity index (χ4n) is 7.63. The van der Waals surface area contributed by atoms with Crippen LogP contribution in [0.15, 0.2) is 115 Å². The summed E-state index contributed by atoms with van der Waals surface area (Å²) in [7, 11) is 0. The van der Waals surface area contributed by atoms with E-state index in [1.165, 1.54) is 6.92 Å². The number of ether oxygens (including phenoxy) is 1. The molecule has 280 valence electrons. The third-order valence-corrected chi connectivity index (χ3v) is 10.4. The number of anilines is 1. The topological polar surface area (TPSA) is 145 Å². The highest BCUT2D eigenvalue weighted by Gasteiger charge is 2.50. The highest BCUT2D eigenvalue weighted by Crippen LogP contribution is 2.42. The van der Waals surface area contributed by atoms with Gasteiger partial charge in [0.1, 0.15) is 24.0 Å². The number of nitrogens with one attached hydrogen (secondary N) is 2. The Morgan fingerprint density at radius 2 is 1.44 bits per heavy atom. The summed E-state index contributed by atoms with van der Waals surface area (Å²) < 4.78 is 5.89. The van der Waals surface area contributed by atoms with E-state index in [1.807, 2.05) is 78.9 Å². The van der Waals surface area contributed by atoms with Gasteiger partial charge in [-0.05, 0) is 60.2 Å². The molecule has 1 aliphatic carbocycles. The van der Waals surface area contributed by atoms with Crippen molar-refractivity contribution in [2.75, 3.05) is 18.1 Å². The van der Waals surface area contributed by atoms with Crippen molar-refractivity contribution in [2.45, 2.75) is 70.1 Å². The number of benzene rings is 4. The molecule has 11 nitrogen and oxygen atoms in total. The van der Waals surface area contributed by atoms with E-state index in [4.69, 9.17) is 4.74 Å². The summed E-state index contributed by atoms with van der Waals surface area (Å²) in [6, 6.07) is 33.0. The molecule has 1 aliphatic heterocycles. The average Bonchev–Trinajstić information content (AvgIpc) is 3.78. The standard InChI is InChI=1S/C43H46N4O7/c1-30(48)44-26-25-43(23-11-12-24-43)42(53)45-36(41(51)52)27-32-19-21-34(22-20-32)46-39(33-15-7-3-8-16-33)47(38(49)29-54-35-17-9-4-10-18-35)37(40(46)50)28-31-13-5-2-6-14-31/h2-10,13-22,36-37,39H,11-12,23-29H2,1H3,(H,44,48)(H,45,53)(H,51,52). The Morgan fingerprint density at radius 1 is 0.833 bits per heavy atom. The molecule has 11 heteroatoms. The van der Waals surface area contributed by atoms with Gasteiger partial charge in [0.05, 0.1) is 5.41 Å². The molecule has 2 fully saturated rings. The van der Waals surface area contributed by atoms with E-state index in [9.17, 15) is 29.1 Å². The third-order valence-electron chi connectivity index (χ3n) is 10.4. The first-order valence-electron chi connectivity index (χ1n) is 18.4. The molecule has 4 aromatic rings. The van der Waals surface area contributed by atoms with Gasteiger partial charge in [0.2, 0.25) is 11.8 Å². The molecule has 6 rings (SSSR count). The molecule has 0 aromatic heterocycles. The molecule has 3 unspecified atom stereocenters. The summed E-state index contributed by atoms with van der Waals surface area (Å²) in [5.74, 6) is -1.71. The van der Waals surface area contributed by atoms with Gasteiger partial charge in [0, 0.05) is 32.0 Å². The van der Waals surface area contributed by atoms with Crippen LogP contribution in [-0.4, -0.2) is 64.8 Å². The number of amides is 4. The average molecular weight is 731 g/mol. The molecule has 2 aliphatic rings. The van der Waals surface area contributed by atoms with Gasteiger partial charge in [-0.1, -0.05) is 104 Å². The molecule has 0 radical (unpaired) electrons.